The molecule has 1 aliphatic rings. The fraction of sp³-hybridized carbons (Fsp3) is 0.0769. The summed E-state index contributed by atoms with van der Waals surface area (Å²) in [5.41, 5.74) is 14.0. The predicted octanol–water partition coefficient (Wildman–Crippen LogP) is 14.5. The van der Waals surface area contributed by atoms with Crippen LogP contribution in [-0.2, 0) is 12.8 Å². The molecule has 9 aromatic rings. The Bertz CT molecular complexity index is 2790. The highest BCUT2D eigenvalue weighted by atomic mass is 15.1. The monoisotopic (exact) mass is 677 g/mol. The van der Waals surface area contributed by atoms with E-state index in [1.807, 2.05) is 0 Å². The fourth-order valence-electron chi connectivity index (χ4n) is 8.77. The summed E-state index contributed by atoms with van der Waals surface area (Å²) in [6.45, 7) is 0. The van der Waals surface area contributed by atoms with Crippen LogP contribution in [0, 0.1) is 0 Å². The van der Waals surface area contributed by atoms with Crippen molar-refractivity contribution in [2.45, 2.75) is 25.7 Å². The van der Waals surface area contributed by atoms with Crippen molar-refractivity contribution in [3.63, 3.8) is 0 Å². The number of para-hydroxylation sites is 1. The first-order valence-corrected chi connectivity index (χ1v) is 18.9. The van der Waals surface area contributed by atoms with Gasteiger partial charge in [-0.1, -0.05) is 146 Å². The molecule has 0 N–H and O–H groups in total. The topological polar surface area (TPSA) is 3.24 Å². The second kappa shape index (κ2) is 13.3. The number of benzene rings is 9. The summed E-state index contributed by atoms with van der Waals surface area (Å²) in [5.74, 6) is 0. The number of aryl methyl sites for hydroxylation is 1. The number of hydrogen-bond acceptors (Lipinski definition) is 1. The largest absolute Gasteiger partial charge is 0.310 e. The molecule has 0 bridgehead atoms. The third-order valence-corrected chi connectivity index (χ3v) is 11.2. The second-order valence-electron chi connectivity index (χ2n) is 14.3. The van der Waals surface area contributed by atoms with Gasteiger partial charge in [-0.3, -0.25) is 0 Å². The van der Waals surface area contributed by atoms with Gasteiger partial charge in [-0.15, -0.1) is 0 Å². The van der Waals surface area contributed by atoms with E-state index in [9.17, 15) is 0 Å². The molecule has 1 nitrogen and oxygen atoms in total. The summed E-state index contributed by atoms with van der Waals surface area (Å²) in [5, 5.41) is 7.83. The molecule has 0 unspecified atom stereocenters. The van der Waals surface area contributed by atoms with Crippen molar-refractivity contribution in [3.8, 4) is 33.4 Å². The number of rotatable bonds is 6. The Labute approximate surface area is 311 Å². The SMILES string of the molecule is c1ccc(-c2ccccc2N(c2cccc(-c3cc4ccccc4c4c3CCCC4)c2)c2cccc(-c3cc4ccccc4c4ccccc34)c2)cc1. The lowest BCUT2D eigenvalue weighted by molar-refractivity contribution is 0.691. The number of hydrogen-bond donors (Lipinski definition) is 0. The summed E-state index contributed by atoms with van der Waals surface area (Å²) in [6.07, 6.45) is 4.77. The summed E-state index contributed by atoms with van der Waals surface area (Å²) in [7, 11) is 0. The van der Waals surface area contributed by atoms with Gasteiger partial charge in [0.1, 0.15) is 0 Å². The Morgan fingerprint density at radius 3 is 1.60 bits per heavy atom. The summed E-state index contributed by atoms with van der Waals surface area (Å²) in [6, 6.07) is 69.3. The minimum absolute atomic E-state index is 1.13. The summed E-state index contributed by atoms with van der Waals surface area (Å²) < 4.78 is 0. The molecule has 0 fully saturated rings. The van der Waals surface area contributed by atoms with E-state index in [4.69, 9.17) is 0 Å². The smallest absolute Gasteiger partial charge is 0.0540 e. The summed E-state index contributed by atoms with van der Waals surface area (Å²) in [4.78, 5) is 2.46. The Morgan fingerprint density at radius 2 is 0.849 bits per heavy atom. The molecular formula is C52H39N. The molecule has 1 aliphatic carbocycles. The standard InChI is InChI=1S/C52H39N/c1-2-16-36(17-3-1)45-26-12-13-31-52(45)53(41-22-14-20-37(32-41)50-34-39-18-4-6-24-43(39)46-27-8-10-29-48(46)50)42-23-15-21-38(33-42)51-35-40-19-5-7-25-44(40)47-28-9-11-30-49(47)51/h1-8,10,12-27,29,31-35H,9,11,28,30H2. The van der Waals surface area contributed by atoms with Crippen molar-refractivity contribution in [2.75, 3.05) is 4.90 Å². The lowest BCUT2D eigenvalue weighted by Gasteiger charge is -2.29. The Hall–Kier alpha value is -6.44. The van der Waals surface area contributed by atoms with E-state index in [1.165, 1.54) is 89.7 Å². The van der Waals surface area contributed by atoms with Gasteiger partial charge in [-0.05, 0) is 139 Å². The van der Waals surface area contributed by atoms with Crippen LogP contribution in [0.25, 0.3) is 65.7 Å². The molecule has 10 rings (SSSR count). The Balaban J connectivity index is 1.19. The van der Waals surface area contributed by atoms with Gasteiger partial charge in [0.2, 0.25) is 0 Å². The first kappa shape index (κ1) is 31.3. The average molecular weight is 678 g/mol. The first-order valence-electron chi connectivity index (χ1n) is 18.9. The van der Waals surface area contributed by atoms with Crippen LogP contribution in [-0.4, -0.2) is 0 Å². The van der Waals surface area contributed by atoms with E-state index in [2.05, 4.69) is 193 Å². The molecule has 1 heteroatoms. The molecule has 0 atom stereocenters. The van der Waals surface area contributed by atoms with E-state index in [-0.39, 0.29) is 0 Å². The predicted molar refractivity (Wildman–Crippen MR) is 227 cm³/mol. The zero-order chi connectivity index (χ0) is 35.1. The van der Waals surface area contributed by atoms with Crippen LogP contribution >= 0.6 is 0 Å². The zero-order valence-electron chi connectivity index (χ0n) is 29.7. The second-order valence-corrected chi connectivity index (χ2v) is 14.3. The van der Waals surface area contributed by atoms with Crippen molar-refractivity contribution >= 4 is 49.4 Å². The minimum Gasteiger partial charge on any atom is -0.310 e. The number of anilines is 3. The molecule has 0 heterocycles. The third-order valence-electron chi connectivity index (χ3n) is 11.2. The zero-order valence-corrected chi connectivity index (χ0v) is 29.7. The average Bonchev–Trinajstić information content (AvgIpc) is 3.24. The molecule has 0 saturated carbocycles. The molecular weight excluding hydrogens is 639 g/mol. The van der Waals surface area contributed by atoms with Crippen molar-refractivity contribution in [1.82, 2.24) is 0 Å². The van der Waals surface area contributed by atoms with E-state index < -0.39 is 0 Å². The summed E-state index contributed by atoms with van der Waals surface area (Å²) >= 11 is 0. The third kappa shape index (κ3) is 5.57. The highest BCUT2D eigenvalue weighted by Crippen LogP contribution is 2.45. The van der Waals surface area contributed by atoms with Crippen LogP contribution in [0.1, 0.15) is 24.0 Å². The van der Waals surface area contributed by atoms with Crippen molar-refractivity contribution in [3.05, 3.63) is 199 Å². The highest BCUT2D eigenvalue weighted by Gasteiger charge is 2.21. The van der Waals surface area contributed by atoms with Gasteiger partial charge in [0, 0.05) is 16.9 Å². The molecule has 0 radical (unpaired) electrons. The molecule has 53 heavy (non-hydrogen) atoms. The Morgan fingerprint density at radius 1 is 0.321 bits per heavy atom. The quantitative estimate of drug-likeness (QED) is 0.158. The van der Waals surface area contributed by atoms with Gasteiger partial charge in [0.15, 0.2) is 0 Å². The maximum Gasteiger partial charge on any atom is 0.0540 e. The van der Waals surface area contributed by atoms with Gasteiger partial charge in [-0.25, -0.2) is 0 Å². The molecule has 9 aromatic carbocycles. The van der Waals surface area contributed by atoms with Crippen LogP contribution in [0.5, 0.6) is 0 Å². The van der Waals surface area contributed by atoms with Gasteiger partial charge >= 0.3 is 0 Å². The number of fused-ring (bicyclic) bond motifs is 6. The van der Waals surface area contributed by atoms with Gasteiger partial charge in [0.05, 0.1) is 5.69 Å². The molecule has 0 aliphatic heterocycles. The van der Waals surface area contributed by atoms with Gasteiger partial charge in [-0.2, -0.15) is 0 Å². The van der Waals surface area contributed by atoms with Crippen molar-refractivity contribution < 1.29 is 0 Å². The lowest BCUT2D eigenvalue weighted by Crippen LogP contribution is -2.12. The van der Waals surface area contributed by atoms with E-state index >= 15 is 0 Å². The fourth-order valence-corrected chi connectivity index (χ4v) is 8.77. The number of nitrogens with zero attached hydrogens (tertiary/aromatic N) is 1. The molecule has 0 saturated heterocycles. The molecule has 0 amide bonds. The lowest BCUT2D eigenvalue weighted by atomic mass is 9.82. The maximum absolute atomic E-state index is 2.46. The minimum atomic E-state index is 1.13. The van der Waals surface area contributed by atoms with Crippen LogP contribution < -0.4 is 4.90 Å². The van der Waals surface area contributed by atoms with E-state index in [0.717, 1.165) is 29.9 Å². The van der Waals surface area contributed by atoms with Crippen LogP contribution in [0.2, 0.25) is 0 Å². The van der Waals surface area contributed by atoms with Crippen LogP contribution in [0.4, 0.5) is 17.1 Å². The Kier molecular flexibility index (Phi) is 7.84. The van der Waals surface area contributed by atoms with Gasteiger partial charge in [0.25, 0.3) is 0 Å². The van der Waals surface area contributed by atoms with Gasteiger partial charge < -0.3 is 4.90 Å². The highest BCUT2D eigenvalue weighted by molar-refractivity contribution is 6.14. The molecule has 252 valence electrons. The van der Waals surface area contributed by atoms with Crippen molar-refractivity contribution in [2.24, 2.45) is 0 Å². The molecule has 0 spiro atoms. The maximum atomic E-state index is 2.46. The first-order chi connectivity index (χ1) is 26.3. The van der Waals surface area contributed by atoms with Crippen LogP contribution in [0.3, 0.4) is 0 Å². The van der Waals surface area contributed by atoms with Crippen LogP contribution in [0.15, 0.2) is 188 Å². The normalized spacial score (nSPS) is 12.6. The van der Waals surface area contributed by atoms with E-state index in [0.29, 0.717) is 0 Å². The van der Waals surface area contributed by atoms with Crippen molar-refractivity contribution in [1.29, 1.82) is 0 Å². The van der Waals surface area contributed by atoms with E-state index in [1.54, 1.807) is 0 Å². The molecule has 0 aromatic heterocycles.